The van der Waals surface area contributed by atoms with Crippen molar-refractivity contribution in [2.75, 3.05) is 12.3 Å². The number of imidazole rings is 1. The normalized spacial score (nSPS) is 16.6. The molecule has 1 aliphatic heterocycles. The van der Waals surface area contributed by atoms with Crippen molar-refractivity contribution >= 4 is 23.2 Å². The molecule has 4 aromatic rings. The molecule has 6 rings (SSSR count). The standard InChI is InChI=1S/C24H23N5O3.C5H9NO2/c25-22-21-20(28-24(14-4-1-5-14)29(21)11-10-27-22)15-6-2-8-17(12-15)32-13-16-7-3-9-18(30)19(16)23(26)31;7-5(8)4-2-1-3-6-4/h2-3,6-12,14,30H,1,4-5,13H2,(H2,25,27)(H2,26,31);4,6H,1-3H2,(H,7,8). The Bertz CT molecular complexity index is 1540. The van der Waals surface area contributed by atoms with Gasteiger partial charge in [0.2, 0.25) is 0 Å². The highest BCUT2D eigenvalue weighted by Gasteiger charge is 2.27. The molecular formula is C29H32N6O5. The number of amides is 1. The number of ether oxygens (including phenoxy) is 1. The van der Waals surface area contributed by atoms with Crippen LogP contribution in [-0.4, -0.2) is 49.0 Å². The van der Waals surface area contributed by atoms with Gasteiger partial charge in [0.25, 0.3) is 5.91 Å². The van der Waals surface area contributed by atoms with Crippen molar-refractivity contribution in [3.63, 3.8) is 0 Å². The van der Waals surface area contributed by atoms with E-state index in [1.54, 1.807) is 18.3 Å². The Labute approximate surface area is 230 Å². The summed E-state index contributed by atoms with van der Waals surface area (Å²) in [5.74, 6) is 0.869. The number of carboxylic acid groups (broad SMARTS) is 1. The lowest BCUT2D eigenvalue weighted by atomic mass is 9.85. The Balaban J connectivity index is 0.000000348. The van der Waals surface area contributed by atoms with Crippen molar-refractivity contribution in [2.45, 2.75) is 50.7 Å². The minimum atomic E-state index is -0.720. The molecule has 2 aromatic heterocycles. The van der Waals surface area contributed by atoms with Crippen LogP contribution in [0.2, 0.25) is 0 Å². The fraction of sp³-hybridized carbons (Fsp3) is 0.310. The highest BCUT2D eigenvalue weighted by atomic mass is 16.5. The number of aromatic hydroxyl groups is 1. The van der Waals surface area contributed by atoms with E-state index in [1.165, 1.54) is 12.5 Å². The molecule has 0 radical (unpaired) electrons. The predicted octanol–water partition coefficient (Wildman–Crippen LogP) is 3.45. The summed E-state index contributed by atoms with van der Waals surface area (Å²) >= 11 is 0. The van der Waals surface area contributed by atoms with Crippen molar-refractivity contribution < 1.29 is 24.5 Å². The molecule has 1 saturated carbocycles. The second-order valence-corrected chi connectivity index (χ2v) is 9.96. The zero-order valence-corrected chi connectivity index (χ0v) is 21.9. The molecule has 7 N–H and O–H groups in total. The molecule has 0 bridgehead atoms. The van der Waals surface area contributed by atoms with Gasteiger partial charge in [0.1, 0.15) is 47.0 Å². The Hall–Kier alpha value is -4.64. The van der Waals surface area contributed by atoms with Crippen LogP contribution in [0, 0.1) is 0 Å². The lowest BCUT2D eigenvalue weighted by Gasteiger charge is -2.23. The van der Waals surface area contributed by atoms with Gasteiger partial charge in [-0.2, -0.15) is 0 Å². The molecule has 208 valence electrons. The molecule has 40 heavy (non-hydrogen) atoms. The highest BCUT2D eigenvalue weighted by Crippen LogP contribution is 2.39. The number of aliphatic carboxylic acids is 1. The van der Waals surface area contributed by atoms with Crippen molar-refractivity contribution in [3.8, 4) is 22.8 Å². The largest absolute Gasteiger partial charge is 0.507 e. The Morgan fingerprint density at radius 2 is 1.93 bits per heavy atom. The molecule has 1 aliphatic carbocycles. The molecule has 11 heteroatoms. The first-order valence-corrected chi connectivity index (χ1v) is 13.3. The Morgan fingerprint density at radius 1 is 1.12 bits per heavy atom. The van der Waals surface area contributed by atoms with Crippen LogP contribution in [0.3, 0.4) is 0 Å². The summed E-state index contributed by atoms with van der Waals surface area (Å²) in [5.41, 5.74) is 14.6. The maximum absolute atomic E-state index is 11.7. The summed E-state index contributed by atoms with van der Waals surface area (Å²) in [7, 11) is 0. The van der Waals surface area contributed by atoms with Crippen LogP contribution in [-0.2, 0) is 11.4 Å². The van der Waals surface area contributed by atoms with Crippen LogP contribution in [0.25, 0.3) is 16.8 Å². The topological polar surface area (TPSA) is 178 Å². The van der Waals surface area contributed by atoms with Crippen molar-refractivity contribution in [3.05, 3.63) is 71.8 Å². The van der Waals surface area contributed by atoms with E-state index in [4.69, 9.17) is 26.3 Å². The number of anilines is 1. The summed E-state index contributed by atoms with van der Waals surface area (Å²) in [6.45, 7) is 0.939. The summed E-state index contributed by atoms with van der Waals surface area (Å²) < 4.78 is 7.97. The fourth-order valence-electron chi connectivity index (χ4n) is 5.02. The minimum absolute atomic E-state index is 0.0627. The maximum atomic E-state index is 11.7. The summed E-state index contributed by atoms with van der Waals surface area (Å²) in [5, 5.41) is 21.2. The summed E-state index contributed by atoms with van der Waals surface area (Å²) in [4.78, 5) is 31.1. The number of carbonyl (C=O) groups is 2. The predicted molar refractivity (Wildman–Crippen MR) is 149 cm³/mol. The monoisotopic (exact) mass is 544 g/mol. The van der Waals surface area contributed by atoms with Crippen molar-refractivity contribution in [1.82, 2.24) is 19.7 Å². The number of primary amides is 1. The zero-order valence-electron chi connectivity index (χ0n) is 21.9. The quantitative estimate of drug-likeness (QED) is 0.233. The van der Waals surface area contributed by atoms with E-state index >= 15 is 0 Å². The molecule has 1 saturated heterocycles. The molecule has 1 atom stereocenters. The molecule has 3 heterocycles. The van der Waals surface area contributed by atoms with E-state index in [-0.39, 0.29) is 24.0 Å². The molecule has 0 spiro atoms. The highest BCUT2D eigenvalue weighted by molar-refractivity contribution is 5.97. The number of nitrogen functional groups attached to an aromatic ring is 1. The third-order valence-corrected chi connectivity index (χ3v) is 7.32. The number of hydrogen-bond donors (Lipinski definition) is 5. The first-order valence-electron chi connectivity index (χ1n) is 13.3. The molecule has 1 amide bonds. The third kappa shape index (κ3) is 5.55. The summed E-state index contributed by atoms with van der Waals surface area (Å²) in [6, 6.07) is 12.0. The number of nitrogens with two attached hydrogens (primary N) is 2. The average Bonchev–Trinajstić information content (AvgIpc) is 3.57. The van der Waals surface area contributed by atoms with E-state index in [2.05, 4.69) is 10.3 Å². The van der Waals surface area contributed by atoms with Gasteiger partial charge in [0, 0.05) is 29.4 Å². The fourth-order valence-corrected chi connectivity index (χ4v) is 5.02. The lowest BCUT2D eigenvalue weighted by Crippen LogP contribution is -2.29. The second-order valence-electron chi connectivity index (χ2n) is 9.96. The molecule has 2 aromatic carbocycles. The van der Waals surface area contributed by atoms with Crippen LogP contribution in [0.15, 0.2) is 54.9 Å². The minimum Gasteiger partial charge on any atom is -0.507 e. The molecular weight excluding hydrogens is 512 g/mol. The van der Waals surface area contributed by atoms with Gasteiger partial charge < -0.3 is 31.7 Å². The number of carbonyl (C=O) groups excluding carboxylic acids is 1. The van der Waals surface area contributed by atoms with E-state index < -0.39 is 11.9 Å². The Morgan fingerprint density at radius 3 is 2.58 bits per heavy atom. The number of nitrogens with zero attached hydrogens (tertiary/aromatic N) is 3. The first kappa shape index (κ1) is 26.9. The molecule has 1 unspecified atom stereocenters. The Kier molecular flexibility index (Phi) is 7.83. The second kappa shape index (κ2) is 11.6. The van der Waals surface area contributed by atoms with Crippen LogP contribution in [0.4, 0.5) is 5.82 Å². The van der Waals surface area contributed by atoms with Crippen molar-refractivity contribution in [1.29, 1.82) is 0 Å². The maximum Gasteiger partial charge on any atom is 0.320 e. The van der Waals surface area contributed by atoms with E-state index in [1.807, 2.05) is 34.9 Å². The molecule has 2 fully saturated rings. The van der Waals surface area contributed by atoms with Crippen LogP contribution < -0.4 is 21.5 Å². The molecule has 2 aliphatic rings. The van der Waals surface area contributed by atoms with Gasteiger partial charge in [0.05, 0.1) is 5.56 Å². The van der Waals surface area contributed by atoms with Gasteiger partial charge in [-0.15, -0.1) is 0 Å². The SMILES string of the molecule is NC(=O)c1c(O)cccc1COc1cccc(-c2nc(C3CCC3)n3ccnc(N)c23)c1.O=C(O)C1CCCN1. The number of phenols is 1. The lowest BCUT2D eigenvalue weighted by molar-refractivity contribution is -0.139. The zero-order chi connectivity index (χ0) is 28.2. The number of aromatic nitrogens is 3. The number of benzene rings is 2. The smallest absolute Gasteiger partial charge is 0.320 e. The van der Waals surface area contributed by atoms with Crippen LogP contribution in [0.5, 0.6) is 11.5 Å². The molecule has 11 nitrogen and oxygen atoms in total. The average molecular weight is 545 g/mol. The van der Waals surface area contributed by atoms with Gasteiger partial charge in [-0.1, -0.05) is 30.7 Å². The van der Waals surface area contributed by atoms with Gasteiger partial charge in [-0.25, -0.2) is 9.97 Å². The van der Waals surface area contributed by atoms with Gasteiger partial charge in [0.15, 0.2) is 0 Å². The van der Waals surface area contributed by atoms with Crippen molar-refractivity contribution in [2.24, 2.45) is 5.73 Å². The first-order chi connectivity index (χ1) is 19.3. The van der Waals surface area contributed by atoms with E-state index in [0.717, 1.165) is 54.8 Å². The number of rotatable bonds is 7. The van der Waals surface area contributed by atoms with Crippen LogP contribution >= 0.6 is 0 Å². The summed E-state index contributed by atoms with van der Waals surface area (Å²) in [6.07, 6.45) is 8.84. The van der Waals surface area contributed by atoms with Gasteiger partial charge >= 0.3 is 5.97 Å². The van der Waals surface area contributed by atoms with Gasteiger partial charge in [-0.3, -0.25) is 14.0 Å². The number of nitrogens with one attached hydrogen (secondary N) is 1. The van der Waals surface area contributed by atoms with Gasteiger partial charge in [-0.05, 0) is 50.4 Å². The number of fused-ring (bicyclic) bond motifs is 1. The van der Waals surface area contributed by atoms with E-state index in [0.29, 0.717) is 23.0 Å². The number of hydrogen-bond acceptors (Lipinski definition) is 8. The van der Waals surface area contributed by atoms with E-state index in [9.17, 15) is 14.7 Å². The number of carboxylic acids is 1. The third-order valence-electron chi connectivity index (χ3n) is 7.32. The van der Waals surface area contributed by atoms with Crippen LogP contribution in [0.1, 0.15) is 59.8 Å².